The van der Waals surface area contributed by atoms with E-state index in [2.05, 4.69) is 34.7 Å². The largest absolute Gasteiger partial charge is 0.490 e. The van der Waals surface area contributed by atoms with E-state index in [4.69, 9.17) is 21.1 Å². The lowest BCUT2D eigenvalue weighted by Gasteiger charge is -2.16. The normalized spacial score (nSPS) is 12.0. The van der Waals surface area contributed by atoms with Crippen LogP contribution in [0.15, 0.2) is 42.5 Å². The van der Waals surface area contributed by atoms with E-state index in [1.165, 1.54) is 0 Å². The van der Waals surface area contributed by atoms with Gasteiger partial charge in [0.25, 0.3) is 0 Å². The monoisotopic (exact) mass is 416 g/mol. The second-order valence-corrected chi connectivity index (χ2v) is 6.05. The van der Waals surface area contributed by atoms with E-state index in [-0.39, 0.29) is 5.38 Å². The van der Waals surface area contributed by atoms with E-state index in [1.54, 1.807) is 0 Å². The fourth-order valence-electron chi connectivity index (χ4n) is 2.09. The van der Waals surface area contributed by atoms with Crippen LogP contribution < -0.4 is 9.47 Å². The third kappa shape index (κ3) is 4.04. The van der Waals surface area contributed by atoms with E-state index >= 15 is 0 Å². The maximum atomic E-state index is 6.64. The molecule has 0 aliphatic carbocycles. The smallest absolute Gasteiger partial charge is 0.161 e. The lowest BCUT2D eigenvalue weighted by molar-refractivity contribution is 0.287. The average Bonchev–Trinajstić information content (AvgIpc) is 2.49. The number of rotatable bonds is 6. The van der Waals surface area contributed by atoms with Crippen molar-refractivity contribution < 1.29 is 9.47 Å². The molecule has 0 aromatic heterocycles. The Bertz CT molecular complexity index is 601. The van der Waals surface area contributed by atoms with Gasteiger partial charge in [-0.3, -0.25) is 0 Å². The first-order valence-corrected chi connectivity index (χ1v) is 8.46. The number of alkyl halides is 1. The van der Waals surface area contributed by atoms with Gasteiger partial charge in [-0.15, -0.1) is 11.6 Å². The zero-order chi connectivity index (χ0) is 15.2. The van der Waals surface area contributed by atoms with Gasteiger partial charge < -0.3 is 9.47 Å². The Morgan fingerprint density at radius 1 is 1.00 bits per heavy atom. The maximum absolute atomic E-state index is 6.64. The molecule has 0 radical (unpaired) electrons. The van der Waals surface area contributed by atoms with Crippen molar-refractivity contribution >= 4 is 34.2 Å². The number of hydrogen-bond acceptors (Lipinski definition) is 2. The maximum Gasteiger partial charge on any atom is 0.161 e. The first-order chi connectivity index (χ1) is 10.2. The summed E-state index contributed by atoms with van der Waals surface area (Å²) in [5, 5.41) is -0.201. The van der Waals surface area contributed by atoms with Crippen molar-refractivity contribution in [3.63, 3.8) is 0 Å². The summed E-state index contributed by atoms with van der Waals surface area (Å²) in [5.41, 5.74) is 2.11. The van der Waals surface area contributed by atoms with Crippen molar-refractivity contribution in [3.05, 3.63) is 57.2 Å². The van der Waals surface area contributed by atoms with E-state index in [1.807, 2.05) is 44.2 Å². The Labute approximate surface area is 144 Å². The molecule has 2 aromatic rings. The molecule has 2 aromatic carbocycles. The summed E-state index contributed by atoms with van der Waals surface area (Å²) < 4.78 is 12.4. The van der Waals surface area contributed by atoms with Gasteiger partial charge in [-0.25, -0.2) is 0 Å². The van der Waals surface area contributed by atoms with Gasteiger partial charge in [-0.05, 0) is 65.8 Å². The molecule has 0 spiro atoms. The summed E-state index contributed by atoms with van der Waals surface area (Å²) >= 11 is 8.94. The second-order valence-electron chi connectivity index (χ2n) is 4.46. The molecule has 0 bridgehead atoms. The van der Waals surface area contributed by atoms with Gasteiger partial charge >= 0.3 is 0 Å². The van der Waals surface area contributed by atoms with Crippen molar-refractivity contribution in [2.75, 3.05) is 13.2 Å². The highest BCUT2D eigenvalue weighted by Gasteiger charge is 2.16. The molecular weight excluding hydrogens is 399 g/mol. The molecule has 21 heavy (non-hydrogen) atoms. The predicted octanol–water partition coefficient (Wildman–Crippen LogP) is 5.42. The molecule has 4 heteroatoms. The highest BCUT2D eigenvalue weighted by molar-refractivity contribution is 14.1. The molecule has 2 rings (SSSR count). The van der Waals surface area contributed by atoms with Gasteiger partial charge in [0, 0.05) is 3.57 Å². The highest BCUT2D eigenvalue weighted by Crippen LogP contribution is 2.37. The molecule has 0 saturated carbocycles. The lowest BCUT2D eigenvalue weighted by Crippen LogP contribution is -2.01. The highest BCUT2D eigenvalue weighted by atomic mass is 127. The van der Waals surface area contributed by atoms with Crippen LogP contribution >= 0.6 is 34.2 Å². The van der Waals surface area contributed by atoms with E-state index in [9.17, 15) is 0 Å². The summed E-state index contributed by atoms with van der Waals surface area (Å²) in [6.07, 6.45) is 0. The van der Waals surface area contributed by atoms with Crippen LogP contribution in [0.5, 0.6) is 11.5 Å². The quantitative estimate of drug-likeness (QED) is 0.462. The summed E-state index contributed by atoms with van der Waals surface area (Å²) in [6, 6.07) is 14.0. The minimum atomic E-state index is -0.201. The van der Waals surface area contributed by atoms with Crippen LogP contribution in [0.1, 0.15) is 30.4 Å². The van der Waals surface area contributed by atoms with Crippen molar-refractivity contribution in [3.8, 4) is 11.5 Å². The molecule has 0 fully saturated rings. The summed E-state index contributed by atoms with van der Waals surface area (Å²) in [6.45, 7) is 5.13. The van der Waals surface area contributed by atoms with Crippen LogP contribution in [-0.2, 0) is 0 Å². The van der Waals surface area contributed by atoms with Crippen molar-refractivity contribution in [2.24, 2.45) is 0 Å². The van der Waals surface area contributed by atoms with Crippen molar-refractivity contribution in [2.45, 2.75) is 19.2 Å². The third-order valence-corrected chi connectivity index (χ3v) is 4.51. The SMILES string of the molecule is CCOc1ccc(C(Cl)c2ccccc2I)cc1OCC. The summed E-state index contributed by atoms with van der Waals surface area (Å²) in [7, 11) is 0. The van der Waals surface area contributed by atoms with Gasteiger partial charge in [-0.2, -0.15) is 0 Å². The van der Waals surface area contributed by atoms with Gasteiger partial charge in [-0.1, -0.05) is 24.3 Å². The molecule has 0 amide bonds. The predicted molar refractivity (Wildman–Crippen MR) is 95.6 cm³/mol. The topological polar surface area (TPSA) is 18.5 Å². The molecule has 1 unspecified atom stereocenters. The third-order valence-electron chi connectivity index (χ3n) is 3.04. The van der Waals surface area contributed by atoms with E-state index in [0.717, 1.165) is 26.2 Å². The zero-order valence-electron chi connectivity index (χ0n) is 12.1. The first kappa shape index (κ1) is 16.4. The van der Waals surface area contributed by atoms with Gasteiger partial charge in [0.15, 0.2) is 11.5 Å². The number of hydrogen-bond donors (Lipinski definition) is 0. The van der Waals surface area contributed by atoms with Crippen LogP contribution in [0.2, 0.25) is 0 Å². The van der Waals surface area contributed by atoms with Crippen LogP contribution in [0, 0.1) is 3.57 Å². The Morgan fingerprint density at radius 3 is 2.33 bits per heavy atom. The molecule has 0 saturated heterocycles. The Hall–Kier alpha value is -0.940. The zero-order valence-corrected chi connectivity index (χ0v) is 15.0. The molecule has 1 atom stereocenters. The molecule has 0 N–H and O–H groups in total. The minimum absolute atomic E-state index is 0.201. The van der Waals surface area contributed by atoms with Gasteiger partial charge in [0.05, 0.1) is 18.6 Å². The Balaban J connectivity index is 2.35. The fourth-order valence-corrected chi connectivity index (χ4v) is 3.29. The Kier molecular flexibility index (Phi) is 6.18. The van der Waals surface area contributed by atoms with Crippen LogP contribution in [0.25, 0.3) is 0 Å². The van der Waals surface area contributed by atoms with Gasteiger partial charge in [0.2, 0.25) is 0 Å². The number of benzene rings is 2. The van der Waals surface area contributed by atoms with Gasteiger partial charge in [0.1, 0.15) is 0 Å². The second kappa shape index (κ2) is 7.90. The fraction of sp³-hybridized carbons (Fsp3) is 0.294. The lowest BCUT2D eigenvalue weighted by atomic mass is 10.0. The van der Waals surface area contributed by atoms with Crippen LogP contribution in [0.4, 0.5) is 0 Å². The summed E-state index contributed by atoms with van der Waals surface area (Å²) in [5.74, 6) is 1.50. The van der Waals surface area contributed by atoms with E-state index in [0.29, 0.717) is 13.2 Å². The van der Waals surface area contributed by atoms with Crippen LogP contribution in [0.3, 0.4) is 0 Å². The standard InChI is InChI=1S/C17H18ClIO2/c1-3-20-15-10-9-12(11-16(15)21-4-2)17(18)13-7-5-6-8-14(13)19/h5-11,17H,3-4H2,1-2H3. The molecule has 0 aliphatic rings. The summed E-state index contributed by atoms with van der Waals surface area (Å²) in [4.78, 5) is 0. The number of halogens is 2. The molecule has 0 heterocycles. The van der Waals surface area contributed by atoms with Crippen LogP contribution in [-0.4, -0.2) is 13.2 Å². The number of ether oxygens (including phenoxy) is 2. The van der Waals surface area contributed by atoms with Crippen molar-refractivity contribution in [1.29, 1.82) is 0 Å². The average molecular weight is 417 g/mol. The minimum Gasteiger partial charge on any atom is -0.490 e. The Morgan fingerprint density at radius 2 is 1.67 bits per heavy atom. The molecule has 112 valence electrons. The molecule has 0 aliphatic heterocycles. The molecular formula is C17H18ClIO2. The van der Waals surface area contributed by atoms with Crippen molar-refractivity contribution in [1.82, 2.24) is 0 Å². The van der Waals surface area contributed by atoms with E-state index < -0.39 is 0 Å². The molecule has 2 nitrogen and oxygen atoms in total. The first-order valence-electron chi connectivity index (χ1n) is 6.95.